The van der Waals surface area contributed by atoms with Crippen LogP contribution in [0.4, 0.5) is 0 Å². The Morgan fingerprint density at radius 3 is 2.92 bits per heavy atom. The van der Waals surface area contributed by atoms with E-state index in [1.54, 1.807) is 46.0 Å². The number of amides is 2. The van der Waals surface area contributed by atoms with Crippen LogP contribution in [-0.2, 0) is 24.8 Å². The van der Waals surface area contributed by atoms with Crippen LogP contribution in [0.5, 0.6) is 0 Å². The highest BCUT2D eigenvalue weighted by Gasteiger charge is 2.15. The number of thiophene rings is 1. The van der Waals surface area contributed by atoms with Crippen LogP contribution in [0, 0.1) is 0 Å². The first-order valence-electron chi connectivity index (χ1n) is 7.50. The second kappa shape index (κ2) is 8.08. The predicted molar refractivity (Wildman–Crippen MR) is 94.5 cm³/mol. The van der Waals surface area contributed by atoms with Crippen molar-refractivity contribution in [2.24, 2.45) is 7.05 Å². The summed E-state index contributed by atoms with van der Waals surface area (Å²) in [5.74, 6) is -0.741. The molecule has 0 bridgehead atoms. The van der Waals surface area contributed by atoms with Crippen molar-refractivity contribution in [1.29, 1.82) is 0 Å². The van der Waals surface area contributed by atoms with E-state index in [-0.39, 0.29) is 11.7 Å². The van der Waals surface area contributed by atoms with E-state index in [1.165, 1.54) is 16.6 Å². The van der Waals surface area contributed by atoms with Gasteiger partial charge in [-0.15, -0.1) is 16.4 Å². The molecule has 8 nitrogen and oxygen atoms in total. The summed E-state index contributed by atoms with van der Waals surface area (Å²) >= 11 is 2.88. The van der Waals surface area contributed by atoms with Gasteiger partial charge in [0.15, 0.2) is 0 Å². The minimum Gasteiger partial charge on any atom is -0.347 e. The number of aromatic nitrogens is 5. The van der Waals surface area contributed by atoms with Crippen molar-refractivity contribution in [3.8, 4) is 0 Å². The minimum absolute atomic E-state index is 0.0650. The smallest absolute Gasteiger partial charge is 0.274 e. The number of hydrogen-bond donors (Lipinski definition) is 1. The first-order chi connectivity index (χ1) is 12.1. The molecule has 0 unspecified atom stereocenters. The third-order valence-electron chi connectivity index (χ3n) is 3.41. The molecular weight excluding hydrogens is 360 g/mol. The Bertz CT molecular complexity index is 855. The second-order valence-corrected chi connectivity index (χ2v) is 7.16. The normalized spacial score (nSPS) is 10.8. The van der Waals surface area contributed by atoms with Gasteiger partial charge >= 0.3 is 0 Å². The lowest BCUT2D eigenvalue weighted by Crippen LogP contribution is -2.33. The van der Waals surface area contributed by atoms with Gasteiger partial charge in [-0.3, -0.25) is 14.9 Å². The zero-order valence-electron chi connectivity index (χ0n) is 13.5. The topological polar surface area (TPSA) is 94.7 Å². The maximum atomic E-state index is 12.0. The van der Waals surface area contributed by atoms with Gasteiger partial charge in [0.05, 0.1) is 12.3 Å². The van der Waals surface area contributed by atoms with Gasteiger partial charge in [0.2, 0.25) is 11.1 Å². The van der Waals surface area contributed by atoms with Gasteiger partial charge in [0.1, 0.15) is 5.69 Å². The molecule has 130 valence electrons. The molecule has 0 saturated heterocycles. The first-order valence-corrected chi connectivity index (χ1v) is 9.37. The number of rotatable bonds is 7. The van der Waals surface area contributed by atoms with Crippen molar-refractivity contribution in [3.05, 3.63) is 46.4 Å². The summed E-state index contributed by atoms with van der Waals surface area (Å²) in [6.07, 6.45) is 2.57. The van der Waals surface area contributed by atoms with Gasteiger partial charge < -0.3 is 4.57 Å². The van der Waals surface area contributed by atoms with Crippen LogP contribution in [0.15, 0.2) is 41.0 Å². The van der Waals surface area contributed by atoms with Gasteiger partial charge in [-0.05, 0) is 34.0 Å². The van der Waals surface area contributed by atoms with Gasteiger partial charge in [0.25, 0.3) is 5.91 Å². The number of imide groups is 1. The SMILES string of the molecule is Cn1cccc1C(=O)NC(=O)CSc1nnnn1CCc1cccs1. The average molecular weight is 376 g/mol. The highest BCUT2D eigenvalue weighted by Crippen LogP contribution is 2.15. The molecule has 0 atom stereocenters. The molecule has 0 aliphatic heterocycles. The van der Waals surface area contributed by atoms with Gasteiger partial charge in [-0.1, -0.05) is 17.8 Å². The third kappa shape index (κ3) is 4.54. The largest absolute Gasteiger partial charge is 0.347 e. The van der Waals surface area contributed by atoms with E-state index in [0.717, 1.165) is 6.42 Å². The molecule has 3 aromatic heterocycles. The van der Waals surface area contributed by atoms with Crippen LogP contribution in [0.3, 0.4) is 0 Å². The Kier molecular flexibility index (Phi) is 5.61. The van der Waals surface area contributed by atoms with Crippen LogP contribution < -0.4 is 5.32 Å². The third-order valence-corrected chi connectivity index (χ3v) is 5.30. The molecule has 25 heavy (non-hydrogen) atoms. The summed E-state index contributed by atoms with van der Waals surface area (Å²) in [6, 6.07) is 7.46. The number of hydrogen-bond acceptors (Lipinski definition) is 7. The molecule has 0 radical (unpaired) electrons. The summed E-state index contributed by atoms with van der Waals surface area (Å²) in [5.41, 5.74) is 0.430. The molecule has 0 spiro atoms. The zero-order valence-corrected chi connectivity index (χ0v) is 15.1. The molecular formula is C15H16N6O2S2. The molecule has 3 heterocycles. The van der Waals surface area contributed by atoms with E-state index in [0.29, 0.717) is 17.4 Å². The molecule has 10 heteroatoms. The van der Waals surface area contributed by atoms with Crippen molar-refractivity contribution in [3.63, 3.8) is 0 Å². The molecule has 1 N–H and O–H groups in total. The molecule has 0 aliphatic rings. The van der Waals surface area contributed by atoms with E-state index in [9.17, 15) is 9.59 Å². The fourth-order valence-corrected chi connectivity index (χ4v) is 3.57. The summed E-state index contributed by atoms with van der Waals surface area (Å²) in [6.45, 7) is 0.639. The molecule has 2 amide bonds. The predicted octanol–water partition coefficient (Wildman–Crippen LogP) is 1.36. The van der Waals surface area contributed by atoms with Crippen LogP contribution >= 0.6 is 23.1 Å². The molecule has 0 saturated carbocycles. The van der Waals surface area contributed by atoms with E-state index in [2.05, 4.69) is 26.9 Å². The number of aryl methyl sites for hydroxylation is 3. The summed E-state index contributed by atoms with van der Waals surface area (Å²) < 4.78 is 3.32. The fraction of sp³-hybridized carbons (Fsp3) is 0.267. The minimum atomic E-state index is -0.421. The van der Waals surface area contributed by atoms with Gasteiger partial charge in [-0.25, -0.2) is 4.68 Å². The number of thioether (sulfide) groups is 1. The van der Waals surface area contributed by atoms with Gasteiger partial charge in [-0.2, -0.15) is 0 Å². The Balaban J connectivity index is 1.50. The summed E-state index contributed by atoms with van der Waals surface area (Å²) in [5, 5.41) is 16.5. The standard InChI is InChI=1S/C15H16N6O2S2/c1-20-7-2-5-12(20)14(23)16-13(22)10-25-15-17-18-19-21(15)8-6-11-4-3-9-24-11/h2-5,7,9H,6,8,10H2,1H3,(H,16,22,23). The van der Waals surface area contributed by atoms with Crippen molar-refractivity contribution < 1.29 is 9.59 Å². The summed E-state index contributed by atoms with van der Waals surface area (Å²) in [7, 11) is 1.75. The van der Waals surface area contributed by atoms with E-state index in [4.69, 9.17) is 0 Å². The highest BCUT2D eigenvalue weighted by atomic mass is 32.2. The molecule has 0 fully saturated rings. The fourth-order valence-electron chi connectivity index (χ4n) is 2.16. The van der Waals surface area contributed by atoms with Crippen LogP contribution in [-0.4, -0.2) is 42.3 Å². The number of carbonyl (C=O) groups is 2. The van der Waals surface area contributed by atoms with E-state index in [1.807, 2.05) is 11.4 Å². The Labute approximate surface area is 152 Å². The van der Waals surface area contributed by atoms with Crippen molar-refractivity contribution in [1.82, 2.24) is 30.1 Å². The Morgan fingerprint density at radius 2 is 2.20 bits per heavy atom. The van der Waals surface area contributed by atoms with E-state index >= 15 is 0 Å². The number of nitrogens with one attached hydrogen (secondary N) is 1. The Hall–Kier alpha value is -2.46. The first kappa shape index (κ1) is 17.4. The number of nitrogens with zero attached hydrogens (tertiary/aromatic N) is 5. The molecule has 0 aromatic carbocycles. The van der Waals surface area contributed by atoms with Crippen molar-refractivity contribution in [2.45, 2.75) is 18.1 Å². The summed E-state index contributed by atoms with van der Waals surface area (Å²) in [4.78, 5) is 25.2. The van der Waals surface area contributed by atoms with Crippen LogP contribution in [0.25, 0.3) is 0 Å². The van der Waals surface area contributed by atoms with Crippen molar-refractivity contribution in [2.75, 3.05) is 5.75 Å². The highest BCUT2D eigenvalue weighted by molar-refractivity contribution is 7.99. The van der Waals surface area contributed by atoms with E-state index < -0.39 is 5.91 Å². The van der Waals surface area contributed by atoms with Crippen LogP contribution in [0.2, 0.25) is 0 Å². The Morgan fingerprint density at radius 1 is 1.32 bits per heavy atom. The lowest BCUT2D eigenvalue weighted by atomic mass is 10.3. The maximum absolute atomic E-state index is 12.0. The van der Waals surface area contributed by atoms with Gasteiger partial charge in [0, 0.05) is 24.5 Å². The molecule has 3 aromatic rings. The number of tetrazole rings is 1. The molecule has 3 rings (SSSR count). The number of carbonyl (C=O) groups excluding carboxylic acids is 2. The maximum Gasteiger partial charge on any atom is 0.274 e. The lowest BCUT2D eigenvalue weighted by molar-refractivity contribution is -0.117. The monoisotopic (exact) mass is 376 g/mol. The quantitative estimate of drug-likeness (QED) is 0.626. The van der Waals surface area contributed by atoms with Crippen LogP contribution in [0.1, 0.15) is 15.4 Å². The second-order valence-electron chi connectivity index (χ2n) is 5.18. The molecule has 0 aliphatic carbocycles. The average Bonchev–Trinajstić information content (AvgIpc) is 3.32. The zero-order chi connectivity index (χ0) is 17.6. The van der Waals surface area contributed by atoms with Crippen molar-refractivity contribution >= 4 is 34.9 Å². The lowest BCUT2D eigenvalue weighted by Gasteiger charge is -2.05.